The number of nitrogens with zero attached hydrogens (tertiary/aromatic N) is 3. The topological polar surface area (TPSA) is 55.0 Å². The highest BCUT2D eigenvalue weighted by atomic mass is 15.1. The highest BCUT2D eigenvalue weighted by molar-refractivity contribution is 5.17. The van der Waals surface area contributed by atoms with Crippen molar-refractivity contribution in [2.75, 3.05) is 26.7 Å². The Labute approximate surface area is 116 Å². The molecule has 2 N–H and O–H groups in total. The van der Waals surface area contributed by atoms with Gasteiger partial charge in [-0.2, -0.15) is 0 Å². The molecule has 1 fully saturated rings. The fourth-order valence-electron chi connectivity index (χ4n) is 2.87. The van der Waals surface area contributed by atoms with Crippen LogP contribution in [0.15, 0.2) is 6.07 Å². The van der Waals surface area contributed by atoms with E-state index in [1.165, 1.54) is 25.1 Å². The molecule has 0 bridgehead atoms. The van der Waals surface area contributed by atoms with Crippen molar-refractivity contribution in [3.63, 3.8) is 0 Å². The standard InChI is InChI=1S/C15H26N4/c1-4-12(9-16)15-17-11(2)8-14(18-15)13-6-5-7-19(3)10-13/h8,12-13H,4-7,9-10,16H2,1-3H3. The lowest BCUT2D eigenvalue weighted by Crippen LogP contribution is -2.31. The first-order chi connectivity index (χ1) is 9.13. The first-order valence-electron chi connectivity index (χ1n) is 7.38. The summed E-state index contributed by atoms with van der Waals surface area (Å²) in [6.45, 7) is 7.15. The highest BCUT2D eigenvalue weighted by Gasteiger charge is 2.22. The van der Waals surface area contributed by atoms with Crippen LogP contribution >= 0.6 is 0 Å². The summed E-state index contributed by atoms with van der Waals surface area (Å²) in [5.74, 6) is 1.78. The Morgan fingerprint density at radius 3 is 2.89 bits per heavy atom. The maximum atomic E-state index is 5.83. The third-order valence-corrected chi connectivity index (χ3v) is 4.08. The van der Waals surface area contributed by atoms with Crippen LogP contribution in [0.4, 0.5) is 0 Å². The van der Waals surface area contributed by atoms with Gasteiger partial charge in [-0.15, -0.1) is 0 Å². The van der Waals surface area contributed by atoms with Crippen LogP contribution in [-0.2, 0) is 0 Å². The number of aromatic nitrogens is 2. The molecule has 106 valence electrons. The van der Waals surface area contributed by atoms with E-state index in [9.17, 15) is 0 Å². The fourth-order valence-corrected chi connectivity index (χ4v) is 2.87. The molecule has 0 amide bonds. The molecule has 0 aliphatic carbocycles. The Balaban J connectivity index is 2.25. The number of hydrogen-bond donors (Lipinski definition) is 1. The van der Waals surface area contributed by atoms with Gasteiger partial charge in [0, 0.05) is 36.3 Å². The molecule has 2 rings (SSSR count). The van der Waals surface area contributed by atoms with Crippen LogP contribution in [0.3, 0.4) is 0 Å². The van der Waals surface area contributed by atoms with E-state index in [0.717, 1.165) is 24.5 Å². The summed E-state index contributed by atoms with van der Waals surface area (Å²) in [5, 5.41) is 0. The minimum absolute atomic E-state index is 0.292. The molecule has 0 spiro atoms. The van der Waals surface area contributed by atoms with Crippen LogP contribution in [0.25, 0.3) is 0 Å². The molecule has 1 saturated heterocycles. The lowest BCUT2D eigenvalue weighted by Gasteiger charge is -2.29. The number of aryl methyl sites for hydroxylation is 1. The monoisotopic (exact) mass is 262 g/mol. The summed E-state index contributed by atoms with van der Waals surface area (Å²) in [7, 11) is 2.19. The van der Waals surface area contributed by atoms with Gasteiger partial charge >= 0.3 is 0 Å². The van der Waals surface area contributed by atoms with E-state index in [1.807, 2.05) is 0 Å². The molecule has 1 aliphatic heterocycles. The Bertz CT molecular complexity index is 415. The maximum Gasteiger partial charge on any atom is 0.133 e. The minimum Gasteiger partial charge on any atom is -0.330 e. The van der Waals surface area contributed by atoms with E-state index in [0.29, 0.717) is 18.4 Å². The van der Waals surface area contributed by atoms with Gasteiger partial charge in [0.15, 0.2) is 0 Å². The second kappa shape index (κ2) is 6.44. The van der Waals surface area contributed by atoms with Crippen molar-refractivity contribution < 1.29 is 0 Å². The molecule has 1 aliphatic rings. The number of nitrogens with two attached hydrogens (primary N) is 1. The number of rotatable bonds is 4. The first kappa shape index (κ1) is 14.4. The van der Waals surface area contributed by atoms with Crippen LogP contribution in [0, 0.1) is 6.92 Å². The lowest BCUT2D eigenvalue weighted by atomic mass is 9.94. The smallest absolute Gasteiger partial charge is 0.133 e. The van der Waals surface area contributed by atoms with Crippen LogP contribution in [-0.4, -0.2) is 41.5 Å². The molecule has 4 heteroatoms. The molecule has 0 radical (unpaired) electrons. The summed E-state index contributed by atoms with van der Waals surface area (Å²) >= 11 is 0. The van der Waals surface area contributed by atoms with E-state index in [1.54, 1.807) is 0 Å². The average molecular weight is 262 g/mol. The number of piperidine rings is 1. The first-order valence-corrected chi connectivity index (χ1v) is 7.38. The van der Waals surface area contributed by atoms with E-state index in [4.69, 9.17) is 10.7 Å². The van der Waals surface area contributed by atoms with E-state index < -0.39 is 0 Å². The predicted molar refractivity (Wildman–Crippen MR) is 78.3 cm³/mol. The fraction of sp³-hybridized carbons (Fsp3) is 0.733. The minimum atomic E-state index is 0.292. The maximum absolute atomic E-state index is 5.83. The zero-order chi connectivity index (χ0) is 13.8. The molecule has 0 saturated carbocycles. The van der Waals surface area contributed by atoms with E-state index >= 15 is 0 Å². The van der Waals surface area contributed by atoms with Crippen molar-refractivity contribution in [1.82, 2.24) is 14.9 Å². The summed E-state index contributed by atoms with van der Waals surface area (Å²) in [6.07, 6.45) is 3.50. The molecular weight excluding hydrogens is 236 g/mol. The molecule has 0 aromatic carbocycles. The van der Waals surface area contributed by atoms with Gasteiger partial charge in [-0.1, -0.05) is 6.92 Å². The van der Waals surface area contributed by atoms with Gasteiger partial charge < -0.3 is 10.6 Å². The van der Waals surface area contributed by atoms with Crippen LogP contribution in [0.1, 0.15) is 55.2 Å². The lowest BCUT2D eigenvalue weighted by molar-refractivity contribution is 0.248. The van der Waals surface area contributed by atoms with Gasteiger partial charge in [-0.05, 0) is 45.8 Å². The van der Waals surface area contributed by atoms with Gasteiger partial charge in [0.1, 0.15) is 5.82 Å². The Morgan fingerprint density at radius 2 is 2.26 bits per heavy atom. The van der Waals surface area contributed by atoms with Crippen molar-refractivity contribution in [1.29, 1.82) is 0 Å². The Hall–Kier alpha value is -1.00. The SMILES string of the molecule is CCC(CN)c1nc(C)cc(C2CCCN(C)C2)n1. The molecule has 19 heavy (non-hydrogen) atoms. The second-order valence-electron chi connectivity index (χ2n) is 5.73. The molecule has 4 nitrogen and oxygen atoms in total. The number of likely N-dealkylation sites (N-methyl/N-ethyl adjacent to an activating group) is 1. The summed E-state index contributed by atoms with van der Waals surface area (Å²) in [6, 6.07) is 2.15. The van der Waals surface area contributed by atoms with Crippen molar-refractivity contribution >= 4 is 0 Å². The van der Waals surface area contributed by atoms with Crippen molar-refractivity contribution in [2.45, 2.75) is 44.9 Å². The molecule has 1 aromatic rings. The number of hydrogen-bond acceptors (Lipinski definition) is 4. The summed E-state index contributed by atoms with van der Waals surface area (Å²) in [4.78, 5) is 11.8. The Morgan fingerprint density at radius 1 is 1.47 bits per heavy atom. The Kier molecular flexibility index (Phi) is 4.88. The van der Waals surface area contributed by atoms with E-state index in [2.05, 4.69) is 36.8 Å². The zero-order valence-electron chi connectivity index (χ0n) is 12.4. The van der Waals surface area contributed by atoms with Gasteiger partial charge in [0.2, 0.25) is 0 Å². The van der Waals surface area contributed by atoms with Crippen LogP contribution in [0.2, 0.25) is 0 Å². The molecule has 1 aromatic heterocycles. The van der Waals surface area contributed by atoms with Gasteiger partial charge in [0.05, 0.1) is 0 Å². The van der Waals surface area contributed by atoms with Gasteiger partial charge in [-0.3, -0.25) is 0 Å². The largest absolute Gasteiger partial charge is 0.330 e. The summed E-state index contributed by atoms with van der Waals surface area (Å²) in [5.41, 5.74) is 8.11. The van der Waals surface area contributed by atoms with Crippen LogP contribution < -0.4 is 5.73 Å². The third kappa shape index (κ3) is 3.51. The molecule has 2 atom stereocenters. The second-order valence-corrected chi connectivity index (χ2v) is 5.73. The van der Waals surface area contributed by atoms with Crippen molar-refractivity contribution in [3.05, 3.63) is 23.3 Å². The normalized spacial score (nSPS) is 22.4. The van der Waals surface area contributed by atoms with Gasteiger partial charge in [-0.25, -0.2) is 9.97 Å². The third-order valence-electron chi connectivity index (χ3n) is 4.08. The van der Waals surface area contributed by atoms with Gasteiger partial charge in [0.25, 0.3) is 0 Å². The number of likely N-dealkylation sites (tertiary alicyclic amines) is 1. The van der Waals surface area contributed by atoms with E-state index in [-0.39, 0.29) is 0 Å². The summed E-state index contributed by atoms with van der Waals surface area (Å²) < 4.78 is 0. The zero-order valence-corrected chi connectivity index (χ0v) is 12.4. The van der Waals surface area contributed by atoms with Crippen molar-refractivity contribution in [2.24, 2.45) is 5.73 Å². The molecular formula is C15H26N4. The highest BCUT2D eigenvalue weighted by Crippen LogP contribution is 2.26. The quantitative estimate of drug-likeness (QED) is 0.902. The molecule has 2 heterocycles. The predicted octanol–water partition coefficient (Wildman–Crippen LogP) is 2.05. The van der Waals surface area contributed by atoms with Crippen molar-refractivity contribution in [3.8, 4) is 0 Å². The average Bonchev–Trinajstić information content (AvgIpc) is 2.39. The van der Waals surface area contributed by atoms with Crippen LogP contribution in [0.5, 0.6) is 0 Å². The molecule has 2 unspecified atom stereocenters.